The van der Waals surface area contributed by atoms with Crippen molar-refractivity contribution in [1.29, 1.82) is 0 Å². The molecular weight excluding hydrogens is 246 g/mol. The molecule has 0 aliphatic heterocycles. The van der Waals surface area contributed by atoms with E-state index in [-0.39, 0.29) is 12.5 Å². The third-order valence-corrected chi connectivity index (χ3v) is 2.16. The van der Waals surface area contributed by atoms with E-state index < -0.39 is 11.6 Å². The third-order valence-electron chi connectivity index (χ3n) is 2.16. The molecule has 0 saturated carbocycles. The molecule has 0 aliphatic rings. The maximum atomic E-state index is 11.9. The van der Waals surface area contributed by atoms with Crippen LogP contribution >= 0.6 is 0 Å². The molecule has 1 aromatic carbocycles. The van der Waals surface area contributed by atoms with Crippen LogP contribution in [0.2, 0.25) is 0 Å². The van der Waals surface area contributed by atoms with Gasteiger partial charge in [0.1, 0.15) is 17.9 Å². The van der Waals surface area contributed by atoms with Crippen LogP contribution in [-0.2, 0) is 9.53 Å². The Morgan fingerprint density at radius 3 is 2.42 bits per heavy atom. The van der Waals surface area contributed by atoms with Gasteiger partial charge in [0.05, 0.1) is 12.7 Å². The summed E-state index contributed by atoms with van der Waals surface area (Å²) < 4.78 is 10.2. The number of nitrogens with one attached hydrogen (secondary N) is 1. The van der Waals surface area contributed by atoms with Crippen molar-refractivity contribution in [1.82, 2.24) is 5.32 Å². The number of carbonyl (C=O) groups excluding carboxylic acids is 2. The summed E-state index contributed by atoms with van der Waals surface area (Å²) in [6.45, 7) is 5.14. The number of carbonyl (C=O) groups is 2. The number of benzene rings is 1. The average molecular weight is 265 g/mol. The SMILES string of the molecule is COc1ccccc1C(=O)NCC(=O)OC(C)(C)C. The first-order valence-corrected chi connectivity index (χ1v) is 5.96. The lowest BCUT2D eigenvalue weighted by atomic mass is 10.2. The second-order valence-electron chi connectivity index (χ2n) is 4.97. The van der Waals surface area contributed by atoms with Crippen molar-refractivity contribution in [2.75, 3.05) is 13.7 Å². The first-order valence-electron chi connectivity index (χ1n) is 5.96. The summed E-state index contributed by atoms with van der Waals surface area (Å²) in [5, 5.41) is 2.50. The lowest BCUT2D eigenvalue weighted by molar-refractivity contribution is -0.153. The molecule has 5 nitrogen and oxygen atoms in total. The highest BCUT2D eigenvalue weighted by Crippen LogP contribution is 2.16. The monoisotopic (exact) mass is 265 g/mol. The summed E-state index contributed by atoms with van der Waals surface area (Å²) in [4.78, 5) is 23.4. The Morgan fingerprint density at radius 1 is 1.21 bits per heavy atom. The fraction of sp³-hybridized carbons (Fsp3) is 0.429. The third kappa shape index (κ3) is 4.99. The molecule has 1 aromatic rings. The minimum Gasteiger partial charge on any atom is -0.496 e. The van der Waals surface area contributed by atoms with Crippen LogP contribution in [0.3, 0.4) is 0 Å². The summed E-state index contributed by atoms with van der Waals surface area (Å²) >= 11 is 0. The van der Waals surface area contributed by atoms with Crippen LogP contribution in [0.25, 0.3) is 0 Å². The first kappa shape index (κ1) is 15.0. The van der Waals surface area contributed by atoms with Gasteiger partial charge in [-0.2, -0.15) is 0 Å². The molecule has 1 N–H and O–H groups in total. The van der Waals surface area contributed by atoms with Crippen molar-refractivity contribution in [3.05, 3.63) is 29.8 Å². The number of ether oxygens (including phenoxy) is 2. The second-order valence-corrected chi connectivity index (χ2v) is 4.97. The lowest BCUT2D eigenvalue weighted by Gasteiger charge is -2.19. The van der Waals surface area contributed by atoms with Gasteiger partial charge in [-0.1, -0.05) is 12.1 Å². The molecule has 0 heterocycles. The maximum absolute atomic E-state index is 11.9. The van der Waals surface area contributed by atoms with Crippen LogP contribution in [0.4, 0.5) is 0 Å². The van der Waals surface area contributed by atoms with Crippen LogP contribution in [0.5, 0.6) is 5.75 Å². The summed E-state index contributed by atoms with van der Waals surface area (Å²) in [7, 11) is 1.49. The minimum atomic E-state index is -0.563. The van der Waals surface area contributed by atoms with E-state index in [1.54, 1.807) is 45.0 Å². The van der Waals surface area contributed by atoms with Gasteiger partial charge < -0.3 is 14.8 Å². The van der Waals surface area contributed by atoms with Gasteiger partial charge in [-0.3, -0.25) is 9.59 Å². The first-order chi connectivity index (χ1) is 8.83. The van der Waals surface area contributed by atoms with E-state index in [1.807, 2.05) is 0 Å². The van der Waals surface area contributed by atoms with Crippen molar-refractivity contribution in [2.45, 2.75) is 26.4 Å². The van der Waals surface area contributed by atoms with Gasteiger partial charge >= 0.3 is 5.97 Å². The number of hydrogen-bond donors (Lipinski definition) is 1. The maximum Gasteiger partial charge on any atom is 0.325 e. The van der Waals surface area contributed by atoms with Crippen LogP contribution in [0.1, 0.15) is 31.1 Å². The fourth-order valence-corrected chi connectivity index (χ4v) is 1.46. The number of para-hydroxylation sites is 1. The van der Waals surface area contributed by atoms with Crippen molar-refractivity contribution in [2.24, 2.45) is 0 Å². The van der Waals surface area contributed by atoms with Gasteiger partial charge in [0.2, 0.25) is 0 Å². The minimum absolute atomic E-state index is 0.172. The Kier molecular flexibility index (Phi) is 4.92. The smallest absolute Gasteiger partial charge is 0.325 e. The van der Waals surface area contributed by atoms with Gasteiger partial charge in [0.15, 0.2) is 0 Å². The highest BCUT2D eigenvalue weighted by molar-refractivity contribution is 5.98. The van der Waals surface area contributed by atoms with E-state index in [0.717, 1.165) is 0 Å². The summed E-state index contributed by atoms with van der Waals surface area (Å²) in [6.07, 6.45) is 0. The zero-order valence-corrected chi connectivity index (χ0v) is 11.6. The molecule has 0 bridgehead atoms. The second kappa shape index (κ2) is 6.22. The molecule has 0 unspecified atom stereocenters. The molecule has 0 fully saturated rings. The van der Waals surface area contributed by atoms with Gasteiger partial charge in [0, 0.05) is 0 Å². The zero-order valence-electron chi connectivity index (χ0n) is 11.6. The Balaban J connectivity index is 2.59. The molecule has 1 amide bonds. The number of rotatable bonds is 4. The molecule has 104 valence electrons. The molecule has 0 spiro atoms. The number of hydrogen-bond acceptors (Lipinski definition) is 4. The van der Waals surface area contributed by atoms with Gasteiger partial charge in [-0.25, -0.2) is 0 Å². The van der Waals surface area contributed by atoms with E-state index in [2.05, 4.69) is 5.32 Å². The van der Waals surface area contributed by atoms with Crippen molar-refractivity contribution >= 4 is 11.9 Å². The Labute approximate surface area is 112 Å². The Bertz CT molecular complexity index is 463. The van der Waals surface area contributed by atoms with E-state index >= 15 is 0 Å². The molecule has 0 radical (unpaired) electrons. The fourth-order valence-electron chi connectivity index (χ4n) is 1.46. The summed E-state index contributed by atoms with van der Waals surface area (Å²) in [6, 6.07) is 6.81. The predicted octanol–water partition coefficient (Wildman–Crippen LogP) is 1.77. The normalized spacial score (nSPS) is 10.7. The highest BCUT2D eigenvalue weighted by atomic mass is 16.6. The molecule has 1 rings (SSSR count). The summed E-state index contributed by atoms with van der Waals surface area (Å²) in [5.41, 5.74) is -0.180. The van der Waals surface area contributed by atoms with E-state index in [1.165, 1.54) is 7.11 Å². The molecule has 0 aliphatic carbocycles. The van der Waals surface area contributed by atoms with Gasteiger partial charge in [-0.15, -0.1) is 0 Å². The lowest BCUT2D eigenvalue weighted by Crippen LogP contribution is -2.34. The van der Waals surface area contributed by atoms with Crippen molar-refractivity contribution < 1.29 is 19.1 Å². The van der Waals surface area contributed by atoms with Crippen LogP contribution < -0.4 is 10.1 Å². The number of amides is 1. The largest absolute Gasteiger partial charge is 0.496 e. The Hall–Kier alpha value is -2.04. The van der Waals surface area contributed by atoms with Crippen LogP contribution in [0.15, 0.2) is 24.3 Å². The standard InChI is InChI=1S/C14H19NO4/c1-14(2,3)19-12(16)9-15-13(17)10-7-5-6-8-11(10)18-4/h5-8H,9H2,1-4H3,(H,15,17). The molecule has 0 aromatic heterocycles. The van der Waals surface area contributed by atoms with E-state index in [9.17, 15) is 9.59 Å². The summed E-state index contributed by atoms with van der Waals surface area (Å²) in [5.74, 6) is -0.386. The van der Waals surface area contributed by atoms with E-state index in [4.69, 9.17) is 9.47 Å². The highest BCUT2D eigenvalue weighted by Gasteiger charge is 2.18. The number of esters is 1. The molecule has 5 heteroatoms. The van der Waals surface area contributed by atoms with Crippen LogP contribution in [0, 0.1) is 0 Å². The van der Waals surface area contributed by atoms with Crippen LogP contribution in [-0.4, -0.2) is 31.1 Å². The quantitative estimate of drug-likeness (QED) is 0.843. The molecule has 0 atom stereocenters. The van der Waals surface area contributed by atoms with Gasteiger partial charge in [0.25, 0.3) is 5.91 Å². The molecular formula is C14H19NO4. The number of methoxy groups -OCH3 is 1. The molecule has 19 heavy (non-hydrogen) atoms. The topological polar surface area (TPSA) is 64.6 Å². The molecule has 0 saturated heterocycles. The van der Waals surface area contributed by atoms with Gasteiger partial charge in [-0.05, 0) is 32.9 Å². The zero-order chi connectivity index (χ0) is 14.5. The van der Waals surface area contributed by atoms with Crippen molar-refractivity contribution in [3.63, 3.8) is 0 Å². The predicted molar refractivity (Wildman–Crippen MR) is 71.2 cm³/mol. The Morgan fingerprint density at radius 2 is 1.84 bits per heavy atom. The average Bonchev–Trinajstić information content (AvgIpc) is 2.33. The van der Waals surface area contributed by atoms with E-state index in [0.29, 0.717) is 11.3 Å². The van der Waals surface area contributed by atoms with Crippen molar-refractivity contribution in [3.8, 4) is 5.75 Å².